The average molecular weight is 331 g/mol. The number of benzene rings is 1. The Labute approximate surface area is 144 Å². The van der Waals surface area contributed by atoms with Gasteiger partial charge in [0.1, 0.15) is 0 Å². The van der Waals surface area contributed by atoms with Crippen LogP contribution >= 0.6 is 0 Å². The molecule has 0 aliphatic heterocycles. The SMILES string of the molecule is CCN(Cc1ccc(C(=O)N(C)C)cc1)C(=O)C[C@@H]1CCC[C@H]1N. The monoisotopic (exact) mass is 331 g/mol. The lowest BCUT2D eigenvalue weighted by atomic mass is 9.99. The van der Waals surface area contributed by atoms with Crippen LogP contribution in [0.5, 0.6) is 0 Å². The molecule has 0 radical (unpaired) electrons. The highest BCUT2D eigenvalue weighted by Crippen LogP contribution is 2.27. The lowest BCUT2D eigenvalue weighted by molar-refractivity contribution is -0.132. The molecule has 1 aromatic rings. The van der Waals surface area contributed by atoms with Crippen molar-refractivity contribution in [3.05, 3.63) is 35.4 Å². The number of carbonyl (C=O) groups is 2. The number of amides is 2. The molecule has 0 bridgehead atoms. The lowest BCUT2D eigenvalue weighted by Crippen LogP contribution is -2.34. The molecule has 0 saturated heterocycles. The fourth-order valence-corrected chi connectivity index (χ4v) is 3.28. The summed E-state index contributed by atoms with van der Waals surface area (Å²) in [7, 11) is 3.48. The van der Waals surface area contributed by atoms with Crippen molar-refractivity contribution in [2.24, 2.45) is 11.7 Å². The molecular formula is C19H29N3O2. The maximum Gasteiger partial charge on any atom is 0.253 e. The third-order valence-corrected chi connectivity index (χ3v) is 4.87. The fourth-order valence-electron chi connectivity index (χ4n) is 3.28. The second-order valence-corrected chi connectivity index (χ2v) is 6.86. The van der Waals surface area contributed by atoms with Crippen molar-refractivity contribution in [2.45, 2.75) is 45.2 Å². The molecule has 2 N–H and O–H groups in total. The van der Waals surface area contributed by atoms with Crippen LogP contribution in [0.4, 0.5) is 0 Å². The Morgan fingerprint density at radius 2 is 1.83 bits per heavy atom. The molecule has 24 heavy (non-hydrogen) atoms. The van der Waals surface area contributed by atoms with Crippen LogP contribution in [0.1, 0.15) is 48.5 Å². The number of hydrogen-bond donors (Lipinski definition) is 1. The van der Waals surface area contributed by atoms with E-state index >= 15 is 0 Å². The highest BCUT2D eigenvalue weighted by atomic mass is 16.2. The predicted octanol–water partition coefficient (Wildman–Crippen LogP) is 2.25. The molecule has 1 aromatic carbocycles. The van der Waals surface area contributed by atoms with Gasteiger partial charge < -0.3 is 15.5 Å². The summed E-state index contributed by atoms with van der Waals surface area (Å²) in [5, 5.41) is 0. The smallest absolute Gasteiger partial charge is 0.253 e. The zero-order valence-corrected chi connectivity index (χ0v) is 15.0. The number of carbonyl (C=O) groups excluding carboxylic acids is 2. The summed E-state index contributed by atoms with van der Waals surface area (Å²) >= 11 is 0. The van der Waals surface area contributed by atoms with E-state index < -0.39 is 0 Å². The minimum atomic E-state index is -0.0137. The van der Waals surface area contributed by atoms with E-state index in [-0.39, 0.29) is 17.9 Å². The van der Waals surface area contributed by atoms with Gasteiger partial charge in [-0.15, -0.1) is 0 Å². The normalized spacial score (nSPS) is 20.0. The molecule has 0 spiro atoms. The van der Waals surface area contributed by atoms with Gasteiger partial charge in [-0.05, 0) is 43.4 Å². The van der Waals surface area contributed by atoms with E-state index in [1.165, 1.54) is 0 Å². The fraction of sp³-hybridized carbons (Fsp3) is 0.579. The number of nitrogens with zero attached hydrogens (tertiary/aromatic N) is 2. The minimum Gasteiger partial charge on any atom is -0.345 e. The van der Waals surface area contributed by atoms with Gasteiger partial charge in [-0.25, -0.2) is 0 Å². The maximum absolute atomic E-state index is 12.6. The van der Waals surface area contributed by atoms with Crippen LogP contribution in [-0.2, 0) is 11.3 Å². The van der Waals surface area contributed by atoms with Crippen LogP contribution in [-0.4, -0.2) is 48.3 Å². The Morgan fingerprint density at radius 1 is 1.17 bits per heavy atom. The Bertz CT molecular complexity index is 568. The van der Waals surface area contributed by atoms with Crippen LogP contribution in [0.2, 0.25) is 0 Å². The summed E-state index contributed by atoms with van der Waals surface area (Å²) < 4.78 is 0. The lowest BCUT2D eigenvalue weighted by Gasteiger charge is -2.24. The number of hydrogen-bond acceptors (Lipinski definition) is 3. The van der Waals surface area contributed by atoms with Gasteiger partial charge in [-0.3, -0.25) is 9.59 Å². The van der Waals surface area contributed by atoms with Gasteiger partial charge in [0.25, 0.3) is 5.91 Å². The van der Waals surface area contributed by atoms with E-state index in [2.05, 4.69) is 0 Å². The van der Waals surface area contributed by atoms with Crippen LogP contribution in [0.25, 0.3) is 0 Å². The van der Waals surface area contributed by atoms with E-state index in [4.69, 9.17) is 5.73 Å². The highest BCUT2D eigenvalue weighted by Gasteiger charge is 2.27. The Kier molecular flexibility index (Phi) is 6.37. The van der Waals surface area contributed by atoms with E-state index in [0.717, 1.165) is 24.8 Å². The Morgan fingerprint density at radius 3 is 2.33 bits per heavy atom. The standard InChI is InChI=1S/C19H29N3O2/c1-4-22(18(23)12-16-6-5-7-17(16)20)13-14-8-10-15(11-9-14)19(24)21(2)3/h8-11,16-17H,4-7,12-13,20H2,1-3H3/t16-,17+/m0/s1. The Balaban J connectivity index is 1.96. The topological polar surface area (TPSA) is 66.6 Å². The molecule has 0 unspecified atom stereocenters. The number of nitrogens with two attached hydrogens (primary N) is 1. The van der Waals surface area contributed by atoms with Crippen molar-refractivity contribution < 1.29 is 9.59 Å². The van der Waals surface area contributed by atoms with Crippen LogP contribution in [0.3, 0.4) is 0 Å². The first-order valence-electron chi connectivity index (χ1n) is 8.76. The average Bonchev–Trinajstić information content (AvgIpc) is 2.97. The molecule has 5 nitrogen and oxygen atoms in total. The third kappa shape index (κ3) is 4.57. The van der Waals surface area contributed by atoms with Crippen molar-refractivity contribution in [3.63, 3.8) is 0 Å². The zero-order chi connectivity index (χ0) is 17.7. The first kappa shape index (κ1) is 18.5. The first-order chi connectivity index (χ1) is 11.4. The Hall–Kier alpha value is -1.88. The van der Waals surface area contributed by atoms with Gasteiger partial charge in [0.2, 0.25) is 5.91 Å². The molecule has 2 amide bonds. The zero-order valence-electron chi connectivity index (χ0n) is 15.0. The van der Waals surface area contributed by atoms with E-state index in [0.29, 0.717) is 31.0 Å². The van der Waals surface area contributed by atoms with Gasteiger partial charge in [0.05, 0.1) is 0 Å². The van der Waals surface area contributed by atoms with Crippen molar-refractivity contribution in [1.29, 1.82) is 0 Å². The summed E-state index contributed by atoms with van der Waals surface area (Å²) in [4.78, 5) is 27.9. The van der Waals surface area contributed by atoms with Crippen LogP contribution in [0.15, 0.2) is 24.3 Å². The van der Waals surface area contributed by atoms with Crippen LogP contribution < -0.4 is 5.73 Å². The largest absolute Gasteiger partial charge is 0.345 e. The summed E-state index contributed by atoms with van der Waals surface area (Å²) in [6, 6.07) is 7.66. The summed E-state index contributed by atoms with van der Waals surface area (Å²) in [5.74, 6) is 0.486. The van der Waals surface area contributed by atoms with Crippen LogP contribution in [0, 0.1) is 5.92 Å². The summed E-state index contributed by atoms with van der Waals surface area (Å²) in [6.45, 7) is 3.25. The molecule has 132 valence electrons. The molecule has 0 heterocycles. The van der Waals surface area contributed by atoms with Crippen molar-refractivity contribution >= 4 is 11.8 Å². The van der Waals surface area contributed by atoms with Gasteiger partial charge >= 0.3 is 0 Å². The van der Waals surface area contributed by atoms with Crippen molar-refractivity contribution in [1.82, 2.24) is 9.80 Å². The van der Waals surface area contributed by atoms with E-state index in [1.54, 1.807) is 19.0 Å². The molecular weight excluding hydrogens is 302 g/mol. The molecule has 1 fully saturated rings. The summed E-state index contributed by atoms with van der Waals surface area (Å²) in [6.07, 6.45) is 3.77. The first-order valence-corrected chi connectivity index (χ1v) is 8.76. The highest BCUT2D eigenvalue weighted by molar-refractivity contribution is 5.93. The van der Waals surface area contributed by atoms with E-state index in [1.807, 2.05) is 36.1 Å². The molecule has 2 atom stereocenters. The van der Waals surface area contributed by atoms with Gasteiger partial charge in [0, 0.05) is 45.2 Å². The second kappa shape index (κ2) is 8.29. The molecule has 5 heteroatoms. The second-order valence-electron chi connectivity index (χ2n) is 6.86. The molecule has 1 aliphatic carbocycles. The van der Waals surface area contributed by atoms with E-state index in [9.17, 15) is 9.59 Å². The predicted molar refractivity (Wildman–Crippen MR) is 95.5 cm³/mol. The molecule has 1 aliphatic rings. The molecule has 1 saturated carbocycles. The molecule has 2 rings (SSSR count). The van der Waals surface area contributed by atoms with Gasteiger partial charge in [-0.1, -0.05) is 18.6 Å². The molecule has 0 aromatic heterocycles. The number of rotatable bonds is 6. The quantitative estimate of drug-likeness (QED) is 0.869. The van der Waals surface area contributed by atoms with Crippen molar-refractivity contribution in [3.8, 4) is 0 Å². The summed E-state index contributed by atoms with van der Waals surface area (Å²) in [5.41, 5.74) is 7.78. The third-order valence-electron chi connectivity index (χ3n) is 4.87. The van der Waals surface area contributed by atoms with Gasteiger partial charge in [-0.2, -0.15) is 0 Å². The maximum atomic E-state index is 12.6. The van der Waals surface area contributed by atoms with Crippen molar-refractivity contribution in [2.75, 3.05) is 20.6 Å². The van der Waals surface area contributed by atoms with Gasteiger partial charge in [0.15, 0.2) is 0 Å². The minimum absolute atomic E-state index is 0.0137.